The molecule has 3 N–H and O–H groups in total. The molecule has 2 unspecified atom stereocenters. The minimum atomic E-state index is -4.91. The number of anilines is 1. The van der Waals surface area contributed by atoms with E-state index in [0.717, 1.165) is 38.9 Å². The monoisotopic (exact) mass is 1060 g/mol. The van der Waals surface area contributed by atoms with Crippen molar-refractivity contribution in [1.82, 2.24) is 19.3 Å². The van der Waals surface area contributed by atoms with Crippen LogP contribution in [0.3, 0.4) is 0 Å². The molecular formula is C60H50N6O9S2. The van der Waals surface area contributed by atoms with Gasteiger partial charge in [-0.05, 0) is 45.9 Å². The van der Waals surface area contributed by atoms with Gasteiger partial charge in [0.1, 0.15) is 29.1 Å². The van der Waals surface area contributed by atoms with Gasteiger partial charge in [-0.15, -0.1) is 11.3 Å². The van der Waals surface area contributed by atoms with Crippen LogP contribution in [0.2, 0.25) is 0 Å². The van der Waals surface area contributed by atoms with E-state index in [0.29, 0.717) is 5.13 Å². The average Bonchev–Trinajstić information content (AvgIpc) is 3.98. The van der Waals surface area contributed by atoms with E-state index < -0.39 is 64.0 Å². The lowest BCUT2D eigenvalue weighted by Gasteiger charge is -2.42. The summed E-state index contributed by atoms with van der Waals surface area (Å²) in [5, 5.41) is 12.6. The van der Waals surface area contributed by atoms with Crippen LogP contribution in [0.4, 0.5) is 5.13 Å². The zero-order valence-corrected chi connectivity index (χ0v) is 42.9. The number of β-lactam (4-membered cyclic amide) rings is 1. The number of ether oxygens (including phenoxy) is 1. The molecule has 7 aromatic carbocycles. The first kappa shape index (κ1) is 51.3. The van der Waals surface area contributed by atoms with Crippen molar-refractivity contribution >= 4 is 44.3 Å². The average molecular weight is 1060 g/mol. The van der Waals surface area contributed by atoms with Crippen LogP contribution in [0.25, 0.3) is 0 Å². The second kappa shape index (κ2) is 22.8. The maximum absolute atomic E-state index is 14.5. The molecule has 0 bridgehead atoms. The van der Waals surface area contributed by atoms with Crippen LogP contribution >= 0.6 is 11.3 Å². The van der Waals surface area contributed by atoms with Crippen molar-refractivity contribution in [3.8, 4) is 5.75 Å². The van der Waals surface area contributed by atoms with E-state index in [9.17, 15) is 27.4 Å². The highest BCUT2D eigenvalue weighted by Gasteiger charge is 2.52. The second-order valence-corrected chi connectivity index (χ2v) is 20.1. The highest BCUT2D eigenvalue weighted by atomic mass is 32.2. The van der Waals surface area contributed by atoms with Gasteiger partial charge < -0.3 is 25.0 Å². The van der Waals surface area contributed by atoms with E-state index in [4.69, 9.17) is 19.4 Å². The van der Waals surface area contributed by atoms with E-state index in [2.05, 4.69) is 15.8 Å². The summed E-state index contributed by atoms with van der Waals surface area (Å²) in [6.07, 6.45) is 0.0589. The first-order valence-electron chi connectivity index (χ1n) is 24.5. The summed E-state index contributed by atoms with van der Waals surface area (Å²) in [4.78, 5) is 59.7. The van der Waals surface area contributed by atoms with E-state index in [-0.39, 0.29) is 27.2 Å². The van der Waals surface area contributed by atoms with Gasteiger partial charge in [-0.1, -0.05) is 217 Å². The number of nitrogens with zero attached hydrogens (tertiary/aromatic N) is 4. The minimum absolute atomic E-state index is 0.0302. The molecule has 1 saturated heterocycles. The first-order valence-corrected chi connectivity index (χ1v) is 26.8. The zero-order valence-electron chi connectivity index (χ0n) is 41.3. The molecule has 3 heterocycles. The summed E-state index contributed by atoms with van der Waals surface area (Å²) in [6, 6.07) is 66.5. The number of carbonyl (C=O) groups excluding carboxylic acids is 2. The maximum Gasteiger partial charge on any atom is 0.362 e. The van der Waals surface area contributed by atoms with Crippen molar-refractivity contribution in [2.45, 2.75) is 43.4 Å². The number of carbonyl (C=O) groups is 2. The van der Waals surface area contributed by atoms with Crippen molar-refractivity contribution in [1.29, 1.82) is 0 Å². The van der Waals surface area contributed by atoms with Gasteiger partial charge in [0.2, 0.25) is 5.43 Å². The largest absolute Gasteiger partial charge is 0.475 e. The Morgan fingerprint density at radius 2 is 1.13 bits per heavy atom. The third-order valence-corrected chi connectivity index (χ3v) is 14.8. The quantitative estimate of drug-likeness (QED) is 0.0217. The highest BCUT2D eigenvalue weighted by molar-refractivity contribution is 7.84. The lowest BCUT2D eigenvalue weighted by atomic mass is 9.77. The molecule has 2 amide bonds. The van der Waals surface area contributed by atoms with Crippen molar-refractivity contribution < 1.29 is 37.0 Å². The fraction of sp³-hybridized carbons (Fsp3) is 0.117. The van der Waals surface area contributed by atoms with Crippen LogP contribution in [0, 0.1) is 0 Å². The number of amides is 2. The third-order valence-electron chi connectivity index (χ3n) is 13.0. The predicted molar refractivity (Wildman–Crippen MR) is 293 cm³/mol. The maximum atomic E-state index is 14.5. The standard InChI is InChI=1S/C60H50N6O9S2/c1-41-53(58(69)66(41)77(70,71)72)62-57(68)54(50-40-76-59(61-50)63-60(46-31-17-6-18-32-46,47-33-19-7-20-34-47)48-35-21-8-22-36-48)64-73-39-49-37-51(67)52(74-55(42-23-9-2-10-24-42)43-25-11-3-12-26-43)38-65(49)75-56(44-27-13-4-14-28-44)45-29-15-5-16-30-45/h2-38,40-41,53,55-56H,39H2,1H3,(H,61,63)(H,62,68)(H,70,71,72)/b64-54-. The molecule has 0 radical (unpaired) electrons. The van der Waals surface area contributed by atoms with Gasteiger partial charge in [-0.25, -0.2) is 9.29 Å². The molecule has 10 rings (SSSR count). The Morgan fingerprint density at radius 1 is 0.688 bits per heavy atom. The van der Waals surface area contributed by atoms with Crippen LogP contribution in [0.5, 0.6) is 5.75 Å². The number of oxime groups is 1. The Hall–Kier alpha value is -9.16. The fourth-order valence-electron chi connectivity index (χ4n) is 9.29. The topological polar surface area (TPSA) is 191 Å². The third kappa shape index (κ3) is 11.1. The number of benzene rings is 7. The van der Waals surface area contributed by atoms with Gasteiger partial charge in [-0.2, -0.15) is 13.1 Å². The summed E-state index contributed by atoms with van der Waals surface area (Å²) in [5.41, 5.74) is 4.20. The Kier molecular flexibility index (Phi) is 15.2. The van der Waals surface area contributed by atoms with Crippen molar-refractivity contribution in [3.63, 3.8) is 0 Å². The van der Waals surface area contributed by atoms with Crippen LogP contribution in [0.15, 0.2) is 240 Å². The SMILES string of the molecule is CC1C(NC(=O)/C(=N\OCc2cc(=O)c(OC(c3ccccc3)c3ccccc3)cn2OC(c2ccccc2)c2ccccc2)c2csc(NC(c3ccccc3)(c3ccccc3)c3ccccc3)n2)C(=O)N1S(=O)(=O)O. The van der Waals surface area contributed by atoms with Crippen molar-refractivity contribution in [2.24, 2.45) is 5.16 Å². The molecule has 1 aliphatic heterocycles. The van der Waals surface area contributed by atoms with E-state index in [1.54, 1.807) is 5.38 Å². The van der Waals surface area contributed by atoms with Gasteiger partial charge in [0.25, 0.3) is 11.8 Å². The van der Waals surface area contributed by atoms with Gasteiger partial charge in [0, 0.05) is 11.4 Å². The molecule has 9 aromatic rings. The molecule has 1 aliphatic rings. The molecule has 2 aromatic heterocycles. The lowest BCUT2D eigenvalue weighted by Crippen LogP contribution is -2.71. The van der Waals surface area contributed by atoms with E-state index >= 15 is 0 Å². The zero-order chi connectivity index (χ0) is 53.4. The smallest absolute Gasteiger partial charge is 0.362 e. The molecule has 17 heteroatoms. The van der Waals surface area contributed by atoms with Gasteiger partial charge in [0.05, 0.1) is 12.2 Å². The normalized spacial score (nSPS) is 14.7. The van der Waals surface area contributed by atoms with Gasteiger partial charge in [0.15, 0.2) is 29.3 Å². The molecule has 0 aliphatic carbocycles. The Balaban J connectivity index is 1.04. The Bertz CT molecular complexity index is 3500. The van der Waals surface area contributed by atoms with E-state index in [1.807, 2.05) is 212 Å². The first-order chi connectivity index (χ1) is 37.5. The molecule has 2 atom stereocenters. The van der Waals surface area contributed by atoms with Crippen LogP contribution in [-0.4, -0.2) is 56.6 Å². The second-order valence-electron chi connectivity index (χ2n) is 18.0. The molecular weight excluding hydrogens is 1010 g/mol. The van der Waals surface area contributed by atoms with Crippen molar-refractivity contribution in [2.75, 3.05) is 5.32 Å². The minimum Gasteiger partial charge on any atom is -0.475 e. The number of thiazole rings is 1. The molecule has 0 saturated carbocycles. The van der Waals surface area contributed by atoms with Gasteiger partial charge in [-0.3, -0.25) is 18.9 Å². The molecule has 77 heavy (non-hydrogen) atoms. The number of nitrogens with one attached hydrogen (secondary N) is 2. The van der Waals surface area contributed by atoms with E-state index in [1.165, 1.54) is 35.3 Å². The fourth-order valence-corrected chi connectivity index (χ4v) is 10.9. The number of hydrogen-bond acceptors (Lipinski definition) is 12. The summed E-state index contributed by atoms with van der Waals surface area (Å²) < 4.78 is 42.1. The predicted octanol–water partition coefficient (Wildman–Crippen LogP) is 9.53. The van der Waals surface area contributed by atoms with Crippen LogP contribution < -0.4 is 25.6 Å². The number of hydrogen-bond donors (Lipinski definition) is 3. The summed E-state index contributed by atoms with van der Waals surface area (Å²) in [6.45, 7) is 0.911. The van der Waals surface area contributed by atoms with Crippen LogP contribution in [-0.2, 0) is 36.9 Å². The summed E-state index contributed by atoms with van der Waals surface area (Å²) in [5.74, 6) is -2.03. The Morgan fingerprint density at radius 3 is 1.57 bits per heavy atom. The molecule has 386 valence electrons. The van der Waals surface area contributed by atoms with Crippen molar-refractivity contribution in [3.05, 3.63) is 291 Å². The number of rotatable bonds is 20. The summed E-state index contributed by atoms with van der Waals surface area (Å²) in [7, 11) is -4.91. The molecule has 1 fully saturated rings. The molecule has 15 nitrogen and oxygen atoms in total. The highest BCUT2D eigenvalue weighted by Crippen LogP contribution is 2.41. The summed E-state index contributed by atoms with van der Waals surface area (Å²) >= 11 is 1.18. The van der Waals surface area contributed by atoms with Gasteiger partial charge >= 0.3 is 10.3 Å². The Labute approximate surface area is 448 Å². The lowest BCUT2D eigenvalue weighted by molar-refractivity contribution is -0.143. The number of aromatic nitrogens is 2. The molecule has 0 spiro atoms. The van der Waals surface area contributed by atoms with Crippen LogP contribution in [0.1, 0.15) is 69.5 Å². The number of pyridine rings is 1.